The molecule has 0 fully saturated rings. The van der Waals surface area contributed by atoms with Gasteiger partial charge in [-0.15, -0.1) is 0 Å². The lowest BCUT2D eigenvalue weighted by Crippen LogP contribution is -2.13. The largest absolute Gasteiger partial charge is 0.363 e. The molecule has 2 heterocycles. The first-order valence-electron chi connectivity index (χ1n) is 9.32. The summed E-state index contributed by atoms with van der Waals surface area (Å²) < 4.78 is 31.9. The van der Waals surface area contributed by atoms with Crippen molar-refractivity contribution in [2.24, 2.45) is 0 Å². The fourth-order valence-corrected chi connectivity index (χ4v) is 4.34. The van der Waals surface area contributed by atoms with Gasteiger partial charge >= 0.3 is 0 Å². The Hall–Kier alpha value is -3.59. The molecule has 0 amide bonds. The number of anilines is 3. The van der Waals surface area contributed by atoms with Gasteiger partial charge in [-0.1, -0.05) is 40.7 Å². The Balaban J connectivity index is 1.65. The molecule has 12 heteroatoms. The van der Waals surface area contributed by atoms with Crippen molar-refractivity contribution < 1.29 is 12.9 Å². The number of nitriles is 1. The Kier molecular flexibility index (Phi) is 6.50. The highest BCUT2D eigenvalue weighted by atomic mass is 35.5. The Morgan fingerprint density at radius 3 is 2.39 bits per heavy atom. The third-order valence-electron chi connectivity index (χ3n) is 4.40. The quantitative estimate of drug-likeness (QED) is 0.269. The van der Waals surface area contributed by atoms with Gasteiger partial charge in [0.05, 0.1) is 10.6 Å². The van der Waals surface area contributed by atoms with Crippen molar-refractivity contribution in [3.05, 3.63) is 71.4 Å². The minimum Gasteiger partial charge on any atom is -0.363 e. The lowest BCUT2D eigenvalue weighted by Gasteiger charge is -2.13. The number of halogens is 1. The zero-order valence-corrected chi connectivity index (χ0v) is 19.4. The fourth-order valence-electron chi connectivity index (χ4n) is 2.86. The van der Waals surface area contributed by atoms with Crippen molar-refractivity contribution in [3.63, 3.8) is 0 Å². The number of sulfonamides is 1. The smallest absolute Gasteiger partial charge is 0.263 e. The van der Waals surface area contributed by atoms with E-state index in [1.54, 1.807) is 36.4 Å². The zero-order valence-electron chi connectivity index (χ0n) is 17.0. The van der Waals surface area contributed by atoms with Crippen molar-refractivity contribution in [2.45, 2.75) is 10.1 Å². The van der Waals surface area contributed by atoms with Crippen LogP contribution in [0.1, 0.15) is 5.56 Å². The van der Waals surface area contributed by atoms with Crippen molar-refractivity contribution in [2.75, 3.05) is 16.3 Å². The molecule has 0 aliphatic rings. The molecular formula is C21H15ClN6O3S2. The van der Waals surface area contributed by atoms with Crippen LogP contribution >= 0.6 is 23.4 Å². The Morgan fingerprint density at radius 1 is 1.06 bits per heavy atom. The van der Waals surface area contributed by atoms with E-state index in [9.17, 15) is 13.7 Å². The lowest BCUT2D eigenvalue weighted by molar-refractivity contribution is 0.423. The van der Waals surface area contributed by atoms with E-state index < -0.39 is 10.0 Å². The maximum Gasteiger partial charge on any atom is 0.263 e. The molecule has 0 bridgehead atoms. The van der Waals surface area contributed by atoms with Gasteiger partial charge in [-0.05, 0) is 42.7 Å². The minimum atomic E-state index is -3.84. The zero-order chi connectivity index (χ0) is 23.4. The molecule has 0 atom stereocenters. The Morgan fingerprint density at radius 2 is 1.79 bits per heavy atom. The highest BCUT2D eigenvalue weighted by Crippen LogP contribution is 2.31. The molecule has 0 unspecified atom stereocenters. The number of thioether (sulfide) groups is 1. The molecule has 0 aliphatic carbocycles. The number of aromatic nitrogens is 3. The second kappa shape index (κ2) is 9.50. The number of benzene rings is 2. The SMILES string of the molecule is CSc1nc(Nc2ccc(S(=O)(=O)Nc3ccon3)cc2)c(C#N)c(-c2ccc(Cl)cc2)n1. The molecule has 0 radical (unpaired) electrons. The molecule has 166 valence electrons. The maximum absolute atomic E-state index is 12.5. The van der Waals surface area contributed by atoms with Gasteiger partial charge in [-0.25, -0.2) is 18.4 Å². The van der Waals surface area contributed by atoms with E-state index in [0.29, 0.717) is 27.4 Å². The van der Waals surface area contributed by atoms with Crippen LogP contribution in [0.2, 0.25) is 5.02 Å². The number of hydrogen-bond acceptors (Lipinski definition) is 9. The van der Waals surface area contributed by atoms with Gasteiger partial charge in [0.15, 0.2) is 16.8 Å². The van der Waals surface area contributed by atoms with Crippen LogP contribution in [-0.2, 0) is 10.0 Å². The van der Waals surface area contributed by atoms with Crippen molar-refractivity contribution >= 4 is 50.7 Å². The van der Waals surface area contributed by atoms with E-state index in [1.165, 1.54) is 36.2 Å². The van der Waals surface area contributed by atoms with Gasteiger partial charge in [0.1, 0.15) is 17.9 Å². The first-order valence-corrected chi connectivity index (χ1v) is 12.4. The van der Waals surface area contributed by atoms with Crippen LogP contribution in [0.3, 0.4) is 0 Å². The fraction of sp³-hybridized carbons (Fsp3) is 0.0476. The lowest BCUT2D eigenvalue weighted by atomic mass is 10.1. The van der Waals surface area contributed by atoms with Gasteiger partial charge in [0.25, 0.3) is 10.0 Å². The summed E-state index contributed by atoms with van der Waals surface area (Å²) in [6.07, 6.45) is 3.10. The van der Waals surface area contributed by atoms with Gasteiger partial charge in [0.2, 0.25) is 0 Å². The van der Waals surface area contributed by atoms with E-state index in [1.807, 2.05) is 6.26 Å². The van der Waals surface area contributed by atoms with E-state index >= 15 is 0 Å². The summed E-state index contributed by atoms with van der Waals surface area (Å²) in [6, 6.07) is 16.5. The molecule has 0 spiro atoms. The molecular weight excluding hydrogens is 484 g/mol. The van der Waals surface area contributed by atoms with Crippen molar-refractivity contribution in [1.29, 1.82) is 5.26 Å². The second-order valence-electron chi connectivity index (χ2n) is 6.54. The topological polar surface area (TPSA) is 134 Å². The van der Waals surface area contributed by atoms with Crippen molar-refractivity contribution in [3.8, 4) is 17.3 Å². The predicted octanol–water partition coefficient (Wildman–Crippen LogP) is 4.92. The highest BCUT2D eigenvalue weighted by Gasteiger charge is 2.18. The summed E-state index contributed by atoms with van der Waals surface area (Å²) in [4.78, 5) is 8.95. The van der Waals surface area contributed by atoms with Crippen LogP contribution in [0, 0.1) is 11.3 Å². The molecule has 2 aromatic heterocycles. The molecule has 33 heavy (non-hydrogen) atoms. The average molecular weight is 499 g/mol. The monoisotopic (exact) mass is 498 g/mol. The average Bonchev–Trinajstić information content (AvgIpc) is 3.32. The summed E-state index contributed by atoms with van der Waals surface area (Å²) in [5, 5.41) is 17.5. The summed E-state index contributed by atoms with van der Waals surface area (Å²) in [7, 11) is -3.84. The summed E-state index contributed by atoms with van der Waals surface area (Å²) in [5.41, 5.74) is 1.98. The van der Waals surface area contributed by atoms with Gasteiger partial charge in [-0.3, -0.25) is 4.72 Å². The summed E-state index contributed by atoms with van der Waals surface area (Å²) >= 11 is 7.32. The minimum absolute atomic E-state index is 0.0332. The van der Waals surface area contributed by atoms with Crippen LogP contribution in [0.25, 0.3) is 11.3 Å². The van der Waals surface area contributed by atoms with E-state index in [2.05, 4.69) is 35.8 Å². The third-order valence-corrected chi connectivity index (χ3v) is 6.57. The molecule has 0 saturated heterocycles. The predicted molar refractivity (Wildman–Crippen MR) is 126 cm³/mol. The van der Waals surface area contributed by atoms with Gasteiger partial charge < -0.3 is 9.84 Å². The van der Waals surface area contributed by atoms with E-state index in [-0.39, 0.29) is 16.3 Å². The first-order chi connectivity index (χ1) is 15.9. The standard InChI is InChI=1S/C21H15ClN6O3S2/c1-32-21-25-19(13-2-4-14(22)5-3-13)17(12-23)20(26-21)24-15-6-8-16(9-7-15)33(29,30)28-18-10-11-31-27-18/h2-11H,1H3,(H,27,28)(H,24,25,26). The number of nitrogens with one attached hydrogen (secondary N) is 2. The van der Waals surface area contributed by atoms with Gasteiger partial charge in [0, 0.05) is 22.3 Å². The Bertz CT molecular complexity index is 1420. The maximum atomic E-state index is 12.5. The third kappa shape index (κ3) is 5.09. The molecule has 2 aromatic carbocycles. The molecule has 4 rings (SSSR count). The van der Waals surface area contributed by atoms with Crippen LogP contribution in [-0.4, -0.2) is 29.8 Å². The molecule has 4 aromatic rings. The normalized spacial score (nSPS) is 11.1. The highest BCUT2D eigenvalue weighted by molar-refractivity contribution is 7.98. The van der Waals surface area contributed by atoms with Gasteiger partial charge in [-0.2, -0.15) is 5.26 Å². The molecule has 2 N–H and O–H groups in total. The number of nitrogens with zero attached hydrogens (tertiary/aromatic N) is 4. The van der Waals surface area contributed by atoms with Crippen LogP contribution in [0.15, 0.2) is 75.4 Å². The summed E-state index contributed by atoms with van der Waals surface area (Å²) in [5.74, 6) is 0.384. The van der Waals surface area contributed by atoms with E-state index in [4.69, 9.17) is 11.6 Å². The van der Waals surface area contributed by atoms with Crippen molar-refractivity contribution in [1.82, 2.24) is 15.1 Å². The number of hydrogen-bond donors (Lipinski definition) is 2. The number of rotatable bonds is 7. The van der Waals surface area contributed by atoms with E-state index in [0.717, 1.165) is 5.56 Å². The van der Waals surface area contributed by atoms with Crippen LogP contribution in [0.5, 0.6) is 0 Å². The molecule has 0 saturated carbocycles. The first kappa shape index (κ1) is 22.6. The molecule has 0 aliphatic heterocycles. The second-order valence-corrected chi connectivity index (χ2v) is 9.43. The molecule has 9 nitrogen and oxygen atoms in total. The Labute approximate surface area is 198 Å². The van der Waals surface area contributed by atoms with Crippen LogP contribution in [0.4, 0.5) is 17.3 Å². The summed E-state index contributed by atoms with van der Waals surface area (Å²) in [6.45, 7) is 0. The van der Waals surface area contributed by atoms with Crippen LogP contribution < -0.4 is 10.0 Å².